The molecule has 0 bridgehead atoms. The van der Waals surface area contributed by atoms with Crippen LogP contribution in [0.4, 0.5) is 5.69 Å². The molecule has 8 heteroatoms. The summed E-state index contributed by atoms with van der Waals surface area (Å²) in [6, 6.07) is 9.65. The predicted octanol–water partition coefficient (Wildman–Crippen LogP) is 3.85. The Kier molecular flexibility index (Phi) is 4.42. The lowest BCUT2D eigenvalue weighted by atomic mass is 10.2. The van der Waals surface area contributed by atoms with Crippen LogP contribution in [-0.4, -0.2) is 13.0 Å². The monoisotopic (exact) mass is 382 g/mol. The van der Waals surface area contributed by atoms with Crippen LogP contribution in [0.15, 0.2) is 46.1 Å². The van der Waals surface area contributed by atoms with Gasteiger partial charge in [-0.1, -0.05) is 29.0 Å². The molecule has 126 valence electrons. The van der Waals surface area contributed by atoms with Crippen LogP contribution < -0.4 is 9.60 Å². The number of nitrogens with one attached hydrogen (secondary N) is 1. The zero-order valence-electron chi connectivity index (χ0n) is 13.0. The number of thiazole rings is 1. The molecule has 0 fully saturated rings. The number of halogens is 1. The Morgan fingerprint density at radius 2 is 1.96 bits per heavy atom. The minimum atomic E-state index is -3.74. The summed E-state index contributed by atoms with van der Waals surface area (Å²) in [5.74, 6) is 0. The summed E-state index contributed by atoms with van der Waals surface area (Å²) >= 11 is 7.10. The van der Waals surface area contributed by atoms with Crippen molar-refractivity contribution in [2.75, 3.05) is 4.72 Å². The van der Waals surface area contributed by atoms with E-state index in [1.165, 1.54) is 12.1 Å². The van der Waals surface area contributed by atoms with E-state index < -0.39 is 10.0 Å². The highest BCUT2D eigenvalue weighted by Gasteiger charge is 2.16. The number of rotatable bonds is 4. The Balaban J connectivity index is 1.99. The van der Waals surface area contributed by atoms with E-state index in [0.717, 1.165) is 27.1 Å². The number of anilines is 1. The van der Waals surface area contributed by atoms with E-state index in [9.17, 15) is 13.2 Å². The van der Waals surface area contributed by atoms with Crippen LogP contribution in [0.2, 0.25) is 5.02 Å². The molecule has 1 aromatic heterocycles. The van der Waals surface area contributed by atoms with Crippen molar-refractivity contribution in [1.82, 2.24) is 4.57 Å². The van der Waals surface area contributed by atoms with Gasteiger partial charge in [0.15, 0.2) is 0 Å². The summed E-state index contributed by atoms with van der Waals surface area (Å²) in [4.78, 5) is 11.9. The fourth-order valence-corrected chi connectivity index (χ4v) is 4.70. The first-order chi connectivity index (χ1) is 11.3. The molecular weight excluding hydrogens is 368 g/mol. The summed E-state index contributed by atoms with van der Waals surface area (Å²) < 4.78 is 29.9. The normalized spacial score (nSPS) is 11.8. The van der Waals surface area contributed by atoms with E-state index in [4.69, 9.17) is 11.6 Å². The largest absolute Gasteiger partial charge is 0.308 e. The van der Waals surface area contributed by atoms with Gasteiger partial charge in [-0.15, -0.1) is 0 Å². The summed E-state index contributed by atoms with van der Waals surface area (Å²) in [5, 5.41) is 0.395. The Bertz CT molecular complexity index is 1080. The predicted molar refractivity (Wildman–Crippen MR) is 98.8 cm³/mol. The van der Waals surface area contributed by atoms with E-state index in [1.54, 1.807) is 35.8 Å². The van der Waals surface area contributed by atoms with Crippen molar-refractivity contribution >= 4 is 48.9 Å². The first-order valence-corrected chi connectivity index (χ1v) is 9.92. The SMILES string of the molecule is CCn1c(=O)sc2cc(NS(=O)(=O)c3ccc(C)c(Cl)c3)ccc21. The van der Waals surface area contributed by atoms with Crippen LogP contribution in [0.3, 0.4) is 0 Å². The fourth-order valence-electron chi connectivity index (χ4n) is 2.38. The smallest absolute Gasteiger partial charge is 0.299 e. The van der Waals surface area contributed by atoms with E-state index in [1.807, 2.05) is 6.92 Å². The highest BCUT2D eigenvalue weighted by molar-refractivity contribution is 7.92. The van der Waals surface area contributed by atoms with Gasteiger partial charge in [0.25, 0.3) is 10.0 Å². The maximum absolute atomic E-state index is 12.5. The van der Waals surface area contributed by atoms with Crippen LogP contribution >= 0.6 is 22.9 Å². The number of hydrogen-bond acceptors (Lipinski definition) is 4. The van der Waals surface area contributed by atoms with Crippen LogP contribution in [0.1, 0.15) is 12.5 Å². The molecule has 24 heavy (non-hydrogen) atoms. The fraction of sp³-hybridized carbons (Fsp3) is 0.188. The molecule has 0 unspecified atom stereocenters. The first kappa shape index (κ1) is 17.0. The number of sulfonamides is 1. The van der Waals surface area contributed by atoms with Gasteiger partial charge in [-0.25, -0.2) is 8.42 Å². The lowest BCUT2D eigenvalue weighted by Crippen LogP contribution is -2.13. The third-order valence-electron chi connectivity index (χ3n) is 3.69. The molecule has 0 atom stereocenters. The second kappa shape index (κ2) is 6.23. The van der Waals surface area contributed by atoms with Crippen LogP contribution in [0.25, 0.3) is 10.2 Å². The second-order valence-corrected chi connectivity index (χ2v) is 8.39. The second-order valence-electron chi connectivity index (χ2n) is 5.31. The minimum Gasteiger partial charge on any atom is -0.299 e. The summed E-state index contributed by atoms with van der Waals surface area (Å²) in [7, 11) is -3.74. The number of benzene rings is 2. The Morgan fingerprint density at radius 3 is 2.62 bits per heavy atom. The Hall–Kier alpha value is -1.83. The molecule has 0 aliphatic heterocycles. The lowest BCUT2D eigenvalue weighted by molar-refractivity contribution is 0.601. The van der Waals surface area contributed by atoms with Gasteiger partial charge in [-0.3, -0.25) is 14.1 Å². The number of fused-ring (bicyclic) bond motifs is 1. The van der Waals surface area contributed by atoms with Crippen molar-refractivity contribution < 1.29 is 8.42 Å². The minimum absolute atomic E-state index is 0.0576. The van der Waals surface area contributed by atoms with Gasteiger partial charge in [0.1, 0.15) is 0 Å². The van der Waals surface area contributed by atoms with E-state index >= 15 is 0 Å². The van der Waals surface area contributed by atoms with Crippen molar-refractivity contribution in [3.8, 4) is 0 Å². The molecule has 5 nitrogen and oxygen atoms in total. The maximum Gasteiger partial charge on any atom is 0.308 e. The van der Waals surface area contributed by atoms with Gasteiger partial charge in [-0.05, 0) is 49.7 Å². The number of aryl methyl sites for hydroxylation is 2. The average molecular weight is 383 g/mol. The highest BCUT2D eigenvalue weighted by atomic mass is 35.5. The van der Waals surface area contributed by atoms with Crippen LogP contribution in [-0.2, 0) is 16.6 Å². The summed E-state index contributed by atoms with van der Waals surface area (Å²) in [6.45, 7) is 4.28. The topological polar surface area (TPSA) is 68.2 Å². The molecule has 3 aromatic rings. The van der Waals surface area contributed by atoms with Gasteiger partial charge in [-0.2, -0.15) is 0 Å². The quantitative estimate of drug-likeness (QED) is 0.745. The molecule has 1 heterocycles. The van der Waals surface area contributed by atoms with Crippen molar-refractivity contribution in [3.05, 3.63) is 56.7 Å². The van der Waals surface area contributed by atoms with E-state index in [0.29, 0.717) is 17.3 Å². The Labute approximate surface area is 148 Å². The number of hydrogen-bond donors (Lipinski definition) is 1. The number of aromatic nitrogens is 1. The number of nitrogens with zero attached hydrogens (tertiary/aromatic N) is 1. The molecule has 0 spiro atoms. The van der Waals surface area contributed by atoms with Gasteiger partial charge < -0.3 is 0 Å². The van der Waals surface area contributed by atoms with Gasteiger partial charge in [0.05, 0.1) is 20.8 Å². The third-order valence-corrected chi connectivity index (χ3v) is 6.42. The molecule has 0 amide bonds. The van der Waals surface area contributed by atoms with Gasteiger partial charge in [0.2, 0.25) is 0 Å². The van der Waals surface area contributed by atoms with Crippen LogP contribution in [0.5, 0.6) is 0 Å². The zero-order valence-corrected chi connectivity index (χ0v) is 15.4. The van der Waals surface area contributed by atoms with Crippen LogP contribution in [0, 0.1) is 6.92 Å². The van der Waals surface area contributed by atoms with E-state index in [2.05, 4.69) is 4.72 Å². The molecule has 3 rings (SSSR count). The highest BCUT2D eigenvalue weighted by Crippen LogP contribution is 2.25. The lowest BCUT2D eigenvalue weighted by Gasteiger charge is -2.09. The molecule has 0 saturated carbocycles. The van der Waals surface area contributed by atoms with E-state index in [-0.39, 0.29) is 9.77 Å². The maximum atomic E-state index is 12.5. The van der Waals surface area contributed by atoms with Gasteiger partial charge >= 0.3 is 4.87 Å². The molecule has 0 saturated heterocycles. The van der Waals surface area contributed by atoms with Gasteiger partial charge in [0, 0.05) is 11.6 Å². The molecule has 0 aliphatic carbocycles. The Morgan fingerprint density at radius 1 is 1.21 bits per heavy atom. The van der Waals surface area contributed by atoms with Crippen molar-refractivity contribution in [2.45, 2.75) is 25.3 Å². The van der Waals surface area contributed by atoms with Crippen molar-refractivity contribution in [1.29, 1.82) is 0 Å². The molecule has 0 radical (unpaired) electrons. The average Bonchev–Trinajstić information content (AvgIpc) is 2.83. The first-order valence-electron chi connectivity index (χ1n) is 7.24. The van der Waals surface area contributed by atoms with Crippen molar-refractivity contribution in [2.24, 2.45) is 0 Å². The third kappa shape index (κ3) is 3.07. The van der Waals surface area contributed by atoms with Crippen molar-refractivity contribution in [3.63, 3.8) is 0 Å². The zero-order chi connectivity index (χ0) is 17.5. The molecule has 0 aliphatic rings. The summed E-state index contributed by atoms with van der Waals surface area (Å²) in [6.07, 6.45) is 0. The standard InChI is InChI=1S/C16H15ClN2O3S2/c1-3-19-14-7-5-11(8-15(14)23-16(19)20)18-24(21,22)12-6-4-10(2)13(17)9-12/h4-9,18H,3H2,1-2H3. The molecule has 2 aromatic carbocycles. The molecular formula is C16H15ClN2O3S2. The summed E-state index contributed by atoms with van der Waals surface area (Å²) in [5.41, 5.74) is 2.01. The molecule has 1 N–H and O–H groups in total.